The maximum absolute atomic E-state index is 6.37. The standard InChI is InChI=1S/C23H35NO/c1-2-3-5-9-17-13-14-21-20(16-17)23-19(12-8-15-25-23)22(24-21)18-10-6-4-7-11-18/h13-14,16,18-19,22-24H,2-12,15H2,1H3/t19-,22+,23?/m0/s1. The first-order valence-corrected chi connectivity index (χ1v) is 10.9. The second kappa shape index (κ2) is 8.12. The van der Waals surface area contributed by atoms with E-state index in [9.17, 15) is 0 Å². The van der Waals surface area contributed by atoms with Crippen LogP contribution in [0.25, 0.3) is 0 Å². The SMILES string of the molecule is CCCCCc1ccc2c(c1)C1OCCC[C@H]1[C@@H](C1CCCCC1)N2. The van der Waals surface area contributed by atoms with Crippen molar-refractivity contribution in [2.75, 3.05) is 11.9 Å². The molecule has 2 fully saturated rings. The zero-order valence-corrected chi connectivity index (χ0v) is 15.9. The van der Waals surface area contributed by atoms with Crippen molar-refractivity contribution in [3.8, 4) is 0 Å². The van der Waals surface area contributed by atoms with E-state index in [1.165, 1.54) is 87.4 Å². The Morgan fingerprint density at radius 3 is 2.76 bits per heavy atom. The Morgan fingerprint density at radius 1 is 1.04 bits per heavy atom. The maximum atomic E-state index is 6.37. The molecule has 138 valence electrons. The molecule has 0 radical (unpaired) electrons. The van der Waals surface area contributed by atoms with Crippen molar-refractivity contribution in [2.45, 2.75) is 89.7 Å². The number of anilines is 1. The minimum absolute atomic E-state index is 0.336. The Kier molecular flexibility index (Phi) is 5.65. The number of nitrogens with one attached hydrogen (secondary N) is 1. The van der Waals surface area contributed by atoms with Gasteiger partial charge in [-0.15, -0.1) is 0 Å². The third kappa shape index (κ3) is 3.74. The average molecular weight is 342 g/mol. The molecule has 1 unspecified atom stereocenters. The van der Waals surface area contributed by atoms with Crippen LogP contribution in [0.1, 0.15) is 88.4 Å². The molecule has 0 aromatic heterocycles. The molecule has 3 aliphatic rings. The Labute approximate surface area is 153 Å². The summed E-state index contributed by atoms with van der Waals surface area (Å²) in [6.07, 6.45) is 15.1. The molecule has 4 rings (SSSR count). The second-order valence-electron chi connectivity index (χ2n) is 8.54. The Balaban J connectivity index is 1.57. The van der Waals surface area contributed by atoms with E-state index in [1.54, 1.807) is 0 Å². The molecule has 25 heavy (non-hydrogen) atoms. The molecule has 1 aromatic rings. The van der Waals surface area contributed by atoms with Gasteiger partial charge in [0.1, 0.15) is 0 Å². The van der Waals surface area contributed by atoms with Gasteiger partial charge in [0, 0.05) is 29.8 Å². The number of rotatable bonds is 5. The van der Waals surface area contributed by atoms with Crippen LogP contribution in [-0.2, 0) is 11.2 Å². The lowest BCUT2D eigenvalue weighted by Gasteiger charge is -2.47. The topological polar surface area (TPSA) is 21.3 Å². The molecule has 1 N–H and O–H groups in total. The third-order valence-corrected chi connectivity index (χ3v) is 6.80. The predicted octanol–water partition coefficient (Wildman–Crippen LogP) is 6.26. The minimum Gasteiger partial charge on any atom is -0.381 e. The summed E-state index contributed by atoms with van der Waals surface area (Å²) in [5, 5.41) is 3.98. The molecule has 0 spiro atoms. The Bertz CT molecular complexity index is 563. The van der Waals surface area contributed by atoms with Crippen LogP contribution in [0.3, 0.4) is 0 Å². The van der Waals surface area contributed by atoms with Gasteiger partial charge in [-0.25, -0.2) is 0 Å². The molecule has 2 heterocycles. The Hall–Kier alpha value is -1.02. The lowest BCUT2D eigenvalue weighted by Crippen LogP contribution is -2.46. The van der Waals surface area contributed by atoms with Crippen molar-refractivity contribution in [1.29, 1.82) is 0 Å². The fourth-order valence-electron chi connectivity index (χ4n) is 5.45. The van der Waals surface area contributed by atoms with Crippen LogP contribution in [0, 0.1) is 11.8 Å². The third-order valence-electron chi connectivity index (χ3n) is 6.80. The molecule has 1 saturated heterocycles. The molecular formula is C23H35NO. The number of benzene rings is 1. The summed E-state index contributed by atoms with van der Waals surface area (Å²) < 4.78 is 6.37. The highest BCUT2D eigenvalue weighted by Gasteiger charge is 2.42. The summed E-state index contributed by atoms with van der Waals surface area (Å²) in [6, 6.07) is 7.78. The van der Waals surface area contributed by atoms with Gasteiger partial charge in [-0.05, 0) is 56.1 Å². The number of ether oxygens (including phenoxy) is 1. The monoisotopic (exact) mass is 341 g/mol. The molecule has 2 nitrogen and oxygen atoms in total. The van der Waals surface area contributed by atoms with E-state index in [1.807, 2.05) is 0 Å². The molecule has 0 amide bonds. The van der Waals surface area contributed by atoms with Crippen molar-refractivity contribution in [2.24, 2.45) is 11.8 Å². The van der Waals surface area contributed by atoms with Gasteiger partial charge in [-0.1, -0.05) is 51.2 Å². The molecule has 1 aromatic carbocycles. The molecule has 1 aliphatic carbocycles. The van der Waals surface area contributed by atoms with E-state index < -0.39 is 0 Å². The summed E-state index contributed by atoms with van der Waals surface area (Å²) >= 11 is 0. The van der Waals surface area contributed by atoms with Gasteiger partial charge in [0.2, 0.25) is 0 Å². The van der Waals surface area contributed by atoms with Gasteiger partial charge in [0.15, 0.2) is 0 Å². The molecular weight excluding hydrogens is 306 g/mol. The van der Waals surface area contributed by atoms with Gasteiger partial charge in [-0.2, -0.15) is 0 Å². The van der Waals surface area contributed by atoms with Crippen molar-refractivity contribution in [3.05, 3.63) is 29.3 Å². The van der Waals surface area contributed by atoms with Crippen LogP contribution in [0.5, 0.6) is 0 Å². The predicted molar refractivity (Wildman–Crippen MR) is 105 cm³/mol. The van der Waals surface area contributed by atoms with Crippen molar-refractivity contribution in [3.63, 3.8) is 0 Å². The number of hydrogen-bond donors (Lipinski definition) is 1. The largest absolute Gasteiger partial charge is 0.381 e. The first-order valence-electron chi connectivity index (χ1n) is 10.9. The number of unbranched alkanes of at least 4 members (excludes halogenated alkanes) is 2. The highest BCUT2D eigenvalue weighted by atomic mass is 16.5. The van der Waals surface area contributed by atoms with E-state index in [2.05, 4.69) is 30.4 Å². The second-order valence-corrected chi connectivity index (χ2v) is 8.54. The number of hydrogen-bond acceptors (Lipinski definition) is 2. The van der Waals surface area contributed by atoms with Crippen LogP contribution in [0.4, 0.5) is 5.69 Å². The van der Waals surface area contributed by atoms with E-state index in [-0.39, 0.29) is 0 Å². The van der Waals surface area contributed by atoms with E-state index in [4.69, 9.17) is 4.74 Å². The molecule has 2 aliphatic heterocycles. The quantitative estimate of drug-likeness (QED) is 0.638. The number of aryl methyl sites for hydroxylation is 1. The van der Waals surface area contributed by atoms with Gasteiger partial charge >= 0.3 is 0 Å². The fraction of sp³-hybridized carbons (Fsp3) is 0.739. The van der Waals surface area contributed by atoms with Crippen LogP contribution in [0.2, 0.25) is 0 Å². The van der Waals surface area contributed by atoms with Crippen molar-refractivity contribution in [1.82, 2.24) is 0 Å². The summed E-state index contributed by atoms with van der Waals surface area (Å²) in [6.45, 7) is 3.22. The fourth-order valence-corrected chi connectivity index (χ4v) is 5.45. The van der Waals surface area contributed by atoms with Gasteiger partial charge in [0.05, 0.1) is 6.10 Å². The summed E-state index contributed by atoms with van der Waals surface area (Å²) in [7, 11) is 0. The zero-order chi connectivity index (χ0) is 17.1. The van der Waals surface area contributed by atoms with E-state index in [0.29, 0.717) is 18.1 Å². The molecule has 0 bridgehead atoms. The summed E-state index contributed by atoms with van der Waals surface area (Å²) in [5.74, 6) is 1.52. The molecule has 2 heteroatoms. The van der Waals surface area contributed by atoms with Crippen LogP contribution in [-0.4, -0.2) is 12.6 Å². The molecule has 1 saturated carbocycles. The van der Waals surface area contributed by atoms with E-state index >= 15 is 0 Å². The lowest BCUT2D eigenvalue weighted by molar-refractivity contribution is -0.0458. The molecule has 3 atom stereocenters. The first-order chi connectivity index (χ1) is 12.4. The van der Waals surface area contributed by atoms with Crippen LogP contribution in [0.15, 0.2) is 18.2 Å². The lowest BCUT2D eigenvalue weighted by atomic mass is 9.71. The highest BCUT2D eigenvalue weighted by Crippen LogP contribution is 2.47. The smallest absolute Gasteiger partial charge is 0.0892 e. The number of fused-ring (bicyclic) bond motifs is 3. The van der Waals surface area contributed by atoms with Gasteiger partial charge < -0.3 is 10.1 Å². The van der Waals surface area contributed by atoms with Crippen LogP contribution >= 0.6 is 0 Å². The average Bonchev–Trinajstić information content (AvgIpc) is 2.68. The highest BCUT2D eigenvalue weighted by molar-refractivity contribution is 5.57. The maximum Gasteiger partial charge on any atom is 0.0892 e. The van der Waals surface area contributed by atoms with Crippen molar-refractivity contribution < 1.29 is 4.74 Å². The summed E-state index contributed by atoms with van der Waals surface area (Å²) in [4.78, 5) is 0. The van der Waals surface area contributed by atoms with Gasteiger partial charge in [0.25, 0.3) is 0 Å². The minimum atomic E-state index is 0.336. The normalized spacial score (nSPS) is 29.6. The first kappa shape index (κ1) is 17.4. The summed E-state index contributed by atoms with van der Waals surface area (Å²) in [5.41, 5.74) is 4.31. The van der Waals surface area contributed by atoms with E-state index in [0.717, 1.165) is 12.5 Å². The zero-order valence-electron chi connectivity index (χ0n) is 15.9. The van der Waals surface area contributed by atoms with Crippen LogP contribution < -0.4 is 5.32 Å². The van der Waals surface area contributed by atoms with Gasteiger partial charge in [-0.3, -0.25) is 0 Å². The van der Waals surface area contributed by atoms with Crippen molar-refractivity contribution >= 4 is 5.69 Å². The Morgan fingerprint density at radius 2 is 1.92 bits per heavy atom.